The number of aromatic nitrogens is 1. The largest absolute Gasteiger partial charge is 0.477 e. The molecule has 18 heavy (non-hydrogen) atoms. The second-order valence-corrected chi connectivity index (χ2v) is 4.58. The van der Waals surface area contributed by atoms with Crippen LogP contribution in [0.2, 0.25) is 0 Å². The molecular formula is C12H11FN2O2S. The van der Waals surface area contributed by atoms with Gasteiger partial charge in [0, 0.05) is 5.69 Å². The molecule has 0 unspecified atom stereocenters. The molecule has 4 nitrogen and oxygen atoms in total. The monoisotopic (exact) mass is 266 g/mol. The molecular weight excluding hydrogens is 255 g/mol. The van der Waals surface area contributed by atoms with Crippen LogP contribution in [0.5, 0.6) is 0 Å². The number of carboxylic acids is 1. The van der Waals surface area contributed by atoms with Gasteiger partial charge >= 0.3 is 5.97 Å². The first-order valence-electron chi connectivity index (χ1n) is 5.35. The van der Waals surface area contributed by atoms with Gasteiger partial charge in [-0.2, -0.15) is 0 Å². The van der Waals surface area contributed by atoms with Gasteiger partial charge in [0.1, 0.15) is 10.7 Å². The van der Waals surface area contributed by atoms with Gasteiger partial charge in [0.05, 0.1) is 5.69 Å². The molecule has 0 saturated heterocycles. The van der Waals surface area contributed by atoms with Crippen molar-refractivity contribution in [3.8, 4) is 0 Å². The summed E-state index contributed by atoms with van der Waals surface area (Å²) in [5.74, 6) is -1.29. The molecule has 1 aromatic carbocycles. The highest BCUT2D eigenvalue weighted by atomic mass is 32.1. The van der Waals surface area contributed by atoms with Crippen LogP contribution in [0.1, 0.15) is 22.3 Å². The smallest absolute Gasteiger partial charge is 0.347 e. The van der Waals surface area contributed by atoms with Gasteiger partial charge < -0.3 is 10.4 Å². The van der Waals surface area contributed by atoms with E-state index < -0.39 is 5.97 Å². The number of benzene rings is 1. The third kappa shape index (κ3) is 2.65. The molecule has 94 valence electrons. The van der Waals surface area contributed by atoms with Gasteiger partial charge in [0.25, 0.3) is 0 Å². The lowest BCUT2D eigenvalue weighted by Gasteiger charge is -2.01. The maximum Gasteiger partial charge on any atom is 0.347 e. The zero-order chi connectivity index (χ0) is 13.1. The van der Waals surface area contributed by atoms with Crippen molar-refractivity contribution >= 4 is 28.1 Å². The normalized spacial score (nSPS) is 10.3. The van der Waals surface area contributed by atoms with Gasteiger partial charge in [-0.1, -0.05) is 18.3 Å². The zero-order valence-corrected chi connectivity index (χ0v) is 10.4. The maximum absolute atomic E-state index is 12.7. The molecule has 0 spiro atoms. The highest BCUT2D eigenvalue weighted by Gasteiger charge is 2.15. The zero-order valence-electron chi connectivity index (χ0n) is 9.61. The molecule has 0 atom stereocenters. The number of carbonyl (C=O) groups is 1. The topological polar surface area (TPSA) is 62.2 Å². The summed E-state index contributed by atoms with van der Waals surface area (Å²) < 4.78 is 12.7. The number of hydrogen-bond donors (Lipinski definition) is 2. The van der Waals surface area contributed by atoms with Gasteiger partial charge in [-0.25, -0.2) is 14.2 Å². The van der Waals surface area contributed by atoms with E-state index in [-0.39, 0.29) is 10.7 Å². The third-order valence-electron chi connectivity index (χ3n) is 2.32. The van der Waals surface area contributed by atoms with Gasteiger partial charge in [0.15, 0.2) is 5.13 Å². The van der Waals surface area contributed by atoms with E-state index >= 15 is 0 Å². The molecule has 6 heteroatoms. The second kappa shape index (κ2) is 5.14. The fraction of sp³-hybridized carbons (Fsp3) is 0.167. The average molecular weight is 266 g/mol. The second-order valence-electron chi connectivity index (χ2n) is 3.59. The van der Waals surface area contributed by atoms with Crippen LogP contribution < -0.4 is 5.32 Å². The Morgan fingerprint density at radius 1 is 1.44 bits per heavy atom. The Labute approximate surface area is 107 Å². The minimum Gasteiger partial charge on any atom is -0.477 e. The first-order chi connectivity index (χ1) is 8.60. The number of nitrogens with one attached hydrogen (secondary N) is 1. The quantitative estimate of drug-likeness (QED) is 0.891. The Balaban J connectivity index is 2.24. The predicted molar refractivity (Wildman–Crippen MR) is 68.1 cm³/mol. The molecule has 2 rings (SSSR count). The molecule has 2 aromatic rings. The summed E-state index contributed by atoms with van der Waals surface area (Å²) in [5, 5.41) is 12.5. The fourth-order valence-electron chi connectivity index (χ4n) is 1.47. The number of aryl methyl sites for hydroxylation is 1. The van der Waals surface area contributed by atoms with Gasteiger partial charge in [-0.15, -0.1) is 0 Å². The number of anilines is 2. The van der Waals surface area contributed by atoms with E-state index in [4.69, 9.17) is 5.11 Å². The van der Waals surface area contributed by atoms with E-state index in [1.54, 1.807) is 12.1 Å². The minimum absolute atomic E-state index is 0.238. The molecule has 0 saturated carbocycles. The number of rotatable bonds is 4. The number of carboxylic acid groups (broad SMARTS) is 1. The van der Waals surface area contributed by atoms with Crippen LogP contribution in [0, 0.1) is 5.82 Å². The Kier molecular flexibility index (Phi) is 3.57. The van der Waals surface area contributed by atoms with Crippen molar-refractivity contribution < 1.29 is 14.3 Å². The summed E-state index contributed by atoms with van der Waals surface area (Å²) in [6.07, 6.45) is 0.559. The van der Waals surface area contributed by atoms with Crippen LogP contribution in [0.4, 0.5) is 15.2 Å². The minimum atomic E-state index is -0.975. The number of thiazole rings is 1. The molecule has 0 radical (unpaired) electrons. The highest BCUT2D eigenvalue weighted by Crippen LogP contribution is 2.26. The van der Waals surface area contributed by atoms with Crippen molar-refractivity contribution in [2.45, 2.75) is 13.3 Å². The van der Waals surface area contributed by atoms with E-state index in [0.717, 1.165) is 11.3 Å². The van der Waals surface area contributed by atoms with Crippen molar-refractivity contribution in [1.29, 1.82) is 0 Å². The van der Waals surface area contributed by atoms with Gasteiger partial charge in [0.2, 0.25) is 0 Å². The summed E-state index contributed by atoms with van der Waals surface area (Å²) >= 11 is 1.08. The van der Waals surface area contributed by atoms with E-state index in [1.807, 2.05) is 6.92 Å². The SMILES string of the molecule is CCc1nc(Nc2ccc(F)cc2)sc1C(=O)O. The molecule has 0 fully saturated rings. The molecule has 0 bridgehead atoms. The summed E-state index contributed by atoms with van der Waals surface area (Å²) in [6.45, 7) is 1.85. The molecule has 0 aliphatic rings. The van der Waals surface area contributed by atoms with E-state index in [1.165, 1.54) is 12.1 Å². The summed E-state index contributed by atoms with van der Waals surface area (Å²) in [4.78, 5) is 15.4. The van der Waals surface area contributed by atoms with Crippen LogP contribution in [-0.4, -0.2) is 16.1 Å². The van der Waals surface area contributed by atoms with Crippen molar-refractivity contribution in [2.75, 3.05) is 5.32 Å². The van der Waals surface area contributed by atoms with E-state index in [0.29, 0.717) is 22.9 Å². The molecule has 0 aliphatic carbocycles. The number of halogens is 1. The summed E-state index contributed by atoms with van der Waals surface area (Å²) in [5.41, 5.74) is 1.22. The van der Waals surface area contributed by atoms with Crippen molar-refractivity contribution in [3.63, 3.8) is 0 Å². The Morgan fingerprint density at radius 2 is 2.11 bits per heavy atom. The van der Waals surface area contributed by atoms with Crippen LogP contribution in [0.25, 0.3) is 0 Å². The fourth-order valence-corrected chi connectivity index (χ4v) is 2.38. The van der Waals surface area contributed by atoms with Crippen molar-refractivity contribution in [2.24, 2.45) is 0 Å². The Morgan fingerprint density at radius 3 is 2.61 bits per heavy atom. The first kappa shape index (κ1) is 12.5. The predicted octanol–water partition coefficient (Wildman–Crippen LogP) is 3.29. The number of aromatic carboxylic acids is 1. The Hall–Kier alpha value is -1.95. The van der Waals surface area contributed by atoms with E-state index in [2.05, 4.69) is 10.3 Å². The van der Waals surface area contributed by atoms with Gasteiger partial charge in [-0.3, -0.25) is 0 Å². The molecule has 1 aromatic heterocycles. The lowest BCUT2D eigenvalue weighted by atomic mass is 10.3. The van der Waals surface area contributed by atoms with Crippen LogP contribution in [-0.2, 0) is 6.42 Å². The van der Waals surface area contributed by atoms with Crippen LogP contribution in [0.15, 0.2) is 24.3 Å². The lowest BCUT2D eigenvalue weighted by Crippen LogP contribution is -1.97. The third-order valence-corrected chi connectivity index (χ3v) is 3.32. The molecule has 1 heterocycles. The summed E-state index contributed by atoms with van der Waals surface area (Å²) in [6, 6.07) is 5.80. The van der Waals surface area contributed by atoms with Crippen LogP contribution >= 0.6 is 11.3 Å². The standard InChI is InChI=1S/C12H11FN2O2S/c1-2-9-10(11(16)17)18-12(15-9)14-8-5-3-7(13)4-6-8/h3-6H,2H2,1H3,(H,14,15)(H,16,17). The molecule has 0 amide bonds. The lowest BCUT2D eigenvalue weighted by molar-refractivity contribution is 0.0701. The Bertz CT molecular complexity index is 566. The number of nitrogens with zero attached hydrogens (tertiary/aromatic N) is 1. The van der Waals surface area contributed by atoms with Gasteiger partial charge in [-0.05, 0) is 30.7 Å². The number of hydrogen-bond acceptors (Lipinski definition) is 4. The van der Waals surface area contributed by atoms with Crippen molar-refractivity contribution in [1.82, 2.24) is 4.98 Å². The van der Waals surface area contributed by atoms with E-state index in [9.17, 15) is 9.18 Å². The highest BCUT2D eigenvalue weighted by molar-refractivity contribution is 7.17. The first-order valence-corrected chi connectivity index (χ1v) is 6.17. The summed E-state index contributed by atoms with van der Waals surface area (Å²) in [7, 11) is 0. The van der Waals surface area contributed by atoms with Crippen LogP contribution in [0.3, 0.4) is 0 Å². The average Bonchev–Trinajstić information content (AvgIpc) is 2.75. The maximum atomic E-state index is 12.7. The molecule has 2 N–H and O–H groups in total. The molecule has 0 aliphatic heterocycles. The van der Waals surface area contributed by atoms with Crippen molar-refractivity contribution in [3.05, 3.63) is 40.7 Å².